The second kappa shape index (κ2) is 9.79. The summed E-state index contributed by atoms with van der Waals surface area (Å²) in [7, 11) is -2.88. The third-order valence-corrected chi connectivity index (χ3v) is 7.51. The SMILES string of the molecule is O=C(CN1CCS(=O)(=O)CC1)NCCCCSc1ccccc1Br. The molecule has 1 aromatic rings. The van der Waals surface area contributed by atoms with Gasteiger partial charge in [0.05, 0.1) is 18.1 Å². The molecule has 5 nitrogen and oxygen atoms in total. The molecule has 2 rings (SSSR count). The smallest absolute Gasteiger partial charge is 0.234 e. The summed E-state index contributed by atoms with van der Waals surface area (Å²) in [5, 5.41) is 2.91. The molecule has 0 bridgehead atoms. The van der Waals surface area contributed by atoms with Gasteiger partial charge in [-0.15, -0.1) is 11.8 Å². The molecule has 8 heteroatoms. The molecule has 1 heterocycles. The molecule has 0 spiro atoms. The minimum atomic E-state index is -2.88. The first-order chi connectivity index (χ1) is 11.5. The molecule has 0 radical (unpaired) electrons. The summed E-state index contributed by atoms with van der Waals surface area (Å²) in [5.74, 6) is 1.31. The van der Waals surface area contributed by atoms with Gasteiger partial charge in [-0.2, -0.15) is 0 Å². The molecular formula is C16H23BrN2O3S2. The van der Waals surface area contributed by atoms with Crippen LogP contribution >= 0.6 is 27.7 Å². The molecule has 134 valence electrons. The maximum absolute atomic E-state index is 11.9. The fourth-order valence-corrected chi connectivity index (χ4v) is 5.22. The van der Waals surface area contributed by atoms with Crippen molar-refractivity contribution in [1.82, 2.24) is 10.2 Å². The van der Waals surface area contributed by atoms with Crippen LogP contribution in [-0.2, 0) is 14.6 Å². The summed E-state index contributed by atoms with van der Waals surface area (Å²) in [6.07, 6.45) is 1.98. The summed E-state index contributed by atoms with van der Waals surface area (Å²) in [5.41, 5.74) is 0. The van der Waals surface area contributed by atoms with Crippen LogP contribution in [0.2, 0.25) is 0 Å². The van der Waals surface area contributed by atoms with E-state index in [1.165, 1.54) is 4.90 Å². The largest absolute Gasteiger partial charge is 0.355 e. The highest BCUT2D eigenvalue weighted by atomic mass is 79.9. The zero-order chi connectivity index (χ0) is 17.4. The topological polar surface area (TPSA) is 66.5 Å². The molecule has 0 unspecified atom stereocenters. The Kier molecular flexibility index (Phi) is 8.06. The zero-order valence-electron chi connectivity index (χ0n) is 13.5. The van der Waals surface area contributed by atoms with E-state index in [1.807, 2.05) is 34.9 Å². The predicted octanol–water partition coefficient (Wildman–Crippen LogP) is 2.17. The standard InChI is InChI=1S/C16H23BrN2O3S2/c17-14-5-1-2-6-15(14)23-10-4-3-7-18-16(20)13-19-8-11-24(21,22)12-9-19/h1-2,5-6H,3-4,7-13H2,(H,18,20). The Balaban J connectivity index is 1.53. The molecule has 0 saturated carbocycles. The normalized spacial score (nSPS) is 17.5. The first-order valence-electron chi connectivity index (χ1n) is 8.03. The lowest BCUT2D eigenvalue weighted by atomic mass is 10.3. The van der Waals surface area contributed by atoms with Crippen LogP contribution in [0.5, 0.6) is 0 Å². The highest BCUT2D eigenvalue weighted by Gasteiger charge is 2.22. The van der Waals surface area contributed by atoms with Crippen molar-refractivity contribution in [3.63, 3.8) is 0 Å². The van der Waals surface area contributed by atoms with Gasteiger partial charge in [0.1, 0.15) is 0 Å². The number of carbonyl (C=O) groups is 1. The molecule has 1 saturated heterocycles. The van der Waals surface area contributed by atoms with E-state index in [4.69, 9.17) is 0 Å². The number of hydrogen-bond donors (Lipinski definition) is 1. The number of unbranched alkanes of at least 4 members (excludes halogenated alkanes) is 1. The monoisotopic (exact) mass is 434 g/mol. The van der Waals surface area contributed by atoms with Crippen LogP contribution < -0.4 is 5.32 Å². The van der Waals surface area contributed by atoms with E-state index in [-0.39, 0.29) is 17.4 Å². The van der Waals surface area contributed by atoms with E-state index in [9.17, 15) is 13.2 Å². The van der Waals surface area contributed by atoms with E-state index < -0.39 is 9.84 Å². The van der Waals surface area contributed by atoms with Gasteiger partial charge < -0.3 is 5.32 Å². The maximum Gasteiger partial charge on any atom is 0.234 e. The Morgan fingerprint density at radius 1 is 1.21 bits per heavy atom. The molecule has 1 aliphatic rings. The van der Waals surface area contributed by atoms with Gasteiger partial charge in [-0.25, -0.2) is 8.42 Å². The molecule has 1 N–H and O–H groups in total. The van der Waals surface area contributed by atoms with Gasteiger partial charge >= 0.3 is 0 Å². The zero-order valence-corrected chi connectivity index (χ0v) is 16.8. The van der Waals surface area contributed by atoms with Gasteiger partial charge in [0.2, 0.25) is 5.91 Å². The lowest BCUT2D eigenvalue weighted by molar-refractivity contribution is -0.122. The number of nitrogens with zero attached hydrogens (tertiary/aromatic N) is 1. The van der Waals surface area contributed by atoms with E-state index in [2.05, 4.69) is 27.3 Å². The van der Waals surface area contributed by atoms with Gasteiger partial charge in [-0.1, -0.05) is 12.1 Å². The van der Waals surface area contributed by atoms with Crippen molar-refractivity contribution < 1.29 is 13.2 Å². The Morgan fingerprint density at radius 2 is 1.92 bits per heavy atom. The minimum absolute atomic E-state index is 0.0206. The first kappa shape index (κ1) is 19.8. The van der Waals surface area contributed by atoms with Gasteiger partial charge in [0.25, 0.3) is 0 Å². The third kappa shape index (κ3) is 7.13. The van der Waals surface area contributed by atoms with Crippen molar-refractivity contribution in [1.29, 1.82) is 0 Å². The fraction of sp³-hybridized carbons (Fsp3) is 0.562. The molecule has 1 aromatic carbocycles. The number of benzene rings is 1. The molecule has 1 aliphatic heterocycles. The number of rotatable bonds is 8. The van der Waals surface area contributed by atoms with Crippen LogP contribution in [0.4, 0.5) is 0 Å². The van der Waals surface area contributed by atoms with Crippen molar-refractivity contribution in [2.75, 3.05) is 43.4 Å². The molecule has 0 atom stereocenters. The second-order valence-corrected chi connectivity index (χ2v) is 10.1. The second-order valence-electron chi connectivity index (χ2n) is 5.76. The van der Waals surface area contributed by atoms with Crippen molar-refractivity contribution >= 4 is 43.4 Å². The predicted molar refractivity (Wildman–Crippen MR) is 102 cm³/mol. The van der Waals surface area contributed by atoms with Crippen LogP contribution in [0.25, 0.3) is 0 Å². The van der Waals surface area contributed by atoms with E-state index in [1.54, 1.807) is 0 Å². The highest BCUT2D eigenvalue weighted by Crippen LogP contribution is 2.27. The molecule has 24 heavy (non-hydrogen) atoms. The lowest BCUT2D eigenvalue weighted by Gasteiger charge is -2.25. The van der Waals surface area contributed by atoms with E-state index in [0.717, 1.165) is 23.1 Å². The number of amides is 1. The number of thioether (sulfide) groups is 1. The Hall–Kier alpha value is -0.570. The van der Waals surface area contributed by atoms with Gasteiger partial charge in [0, 0.05) is 29.0 Å². The maximum atomic E-state index is 11.9. The number of nitrogens with one attached hydrogen (secondary N) is 1. The number of hydrogen-bond acceptors (Lipinski definition) is 5. The third-order valence-electron chi connectivity index (χ3n) is 3.79. The van der Waals surface area contributed by atoms with Gasteiger partial charge in [-0.05, 0) is 46.7 Å². The van der Waals surface area contributed by atoms with Crippen molar-refractivity contribution in [2.45, 2.75) is 17.7 Å². The highest BCUT2D eigenvalue weighted by molar-refractivity contribution is 9.10. The minimum Gasteiger partial charge on any atom is -0.355 e. The summed E-state index contributed by atoms with van der Waals surface area (Å²) in [4.78, 5) is 15.0. The number of carbonyl (C=O) groups excluding carboxylic acids is 1. The Morgan fingerprint density at radius 3 is 2.62 bits per heavy atom. The van der Waals surface area contributed by atoms with Crippen LogP contribution in [-0.4, -0.2) is 62.7 Å². The van der Waals surface area contributed by atoms with Gasteiger partial charge in [0.15, 0.2) is 9.84 Å². The molecule has 1 fully saturated rings. The van der Waals surface area contributed by atoms with E-state index >= 15 is 0 Å². The average Bonchev–Trinajstić information content (AvgIpc) is 2.54. The number of halogens is 1. The number of sulfone groups is 1. The van der Waals surface area contributed by atoms with Crippen molar-refractivity contribution in [3.8, 4) is 0 Å². The van der Waals surface area contributed by atoms with Crippen LogP contribution in [0.15, 0.2) is 33.6 Å². The van der Waals surface area contributed by atoms with Crippen molar-refractivity contribution in [2.24, 2.45) is 0 Å². The van der Waals surface area contributed by atoms with Crippen molar-refractivity contribution in [3.05, 3.63) is 28.7 Å². The van der Waals surface area contributed by atoms with Crippen LogP contribution in [0.1, 0.15) is 12.8 Å². The van der Waals surface area contributed by atoms with Crippen LogP contribution in [0.3, 0.4) is 0 Å². The average molecular weight is 435 g/mol. The summed E-state index contributed by atoms with van der Waals surface area (Å²) < 4.78 is 23.8. The fourth-order valence-electron chi connectivity index (χ4n) is 2.37. The van der Waals surface area contributed by atoms with Gasteiger partial charge in [-0.3, -0.25) is 9.69 Å². The van der Waals surface area contributed by atoms with E-state index in [0.29, 0.717) is 26.2 Å². The molecule has 1 amide bonds. The summed E-state index contributed by atoms with van der Waals surface area (Å²) >= 11 is 5.34. The summed E-state index contributed by atoms with van der Waals surface area (Å²) in [6.45, 7) is 1.87. The molecular weight excluding hydrogens is 412 g/mol. The van der Waals surface area contributed by atoms with Crippen LogP contribution in [0, 0.1) is 0 Å². The quantitative estimate of drug-likeness (QED) is 0.501. The molecule has 0 aromatic heterocycles. The lowest BCUT2D eigenvalue weighted by Crippen LogP contribution is -2.45. The Bertz CT molecular complexity index is 638. The first-order valence-corrected chi connectivity index (χ1v) is 11.6. The summed E-state index contributed by atoms with van der Waals surface area (Å²) in [6, 6.07) is 8.16. The Labute approximate surface area is 156 Å². The molecule has 0 aliphatic carbocycles.